The summed E-state index contributed by atoms with van der Waals surface area (Å²) >= 11 is 0. The number of aromatic nitrogens is 4. The Balaban J connectivity index is 1.17. The standard InChI is InChI=1S/C27H32N8O2/c28-16-19-15-20-17-30-27(32-25(20)35(26(19)36)23-3-1-2-4-23)31-21-5-6-24(29-18-21)34-9-7-22(8-10-34)33-11-13-37-14-12-33/h5-6,15,17-18,22-23H,1-4,7-14H2,(H,30,31,32). The largest absolute Gasteiger partial charge is 0.379 e. The van der Waals surface area contributed by atoms with Gasteiger partial charge in [-0.25, -0.2) is 9.97 Å². The van der Waals surface area contributed by atoms with Crippen LogP contribution in [0.4, 0.5) is 17.5 Å². The number of morpholine rings is 1. The van der Waals surface area contributed by atoms with E-state index in [0.29, 0.717) is 23.0 Å². The molecule has 0 aromatic carbocycles. The van der Waals surface area contributed by atoms with Crippen molar-refractivity contribution >= 4 is 28.5 Å². The summed E-state index contributed by atoms with van der Waals surface area (Å²) in [7, 11) is 0. The molecule has 3 aliphatic rings. The highest BCUT2D eigenvalue weighted by Gasteiger charge is 2.26. The smallest absolute Gasteiger partial charge is 0.270 e. The first-order valence-corrected chi connectivity index (χ1v) is 13.3. The van der Waals surface area contributed by atoms with Crippen molar-refractivity contribution in [3.63, 3.8) is 0 Å². The van der Waals surface area contributed by atoms with E-state index < -0.39 is 0 Å². The predicted molar refractivity (Wildman–Crippen MR) is 141 cm³/mol. The summed E-state index contributed by atoms with van der Waals surface area (Å²) in [6, 6.07) is 8.35. The predicted octanol–water partition coefficient (Wildman–Crippen LogP) is 3.22. The van der Waals surface area contributed by atoms with Crippen LogP contribution in [0.25, 0.3) is 11.0 Å². The summed E-state index contributed by atoms with van der Waals surface area (Å²) in [6.07, 6.45) is 9.77. The molecule has 6 rings (SSSR count). The molecule has 0 spiro atoms. The summed E-state index contributed by atoms with van der Waals surface area (Å²) in [5, 5.41) is 13.4. The van der Waals surface area contributed by atoms with E-state index in [4.69, 9.17) is 14.7 Å². The normalized spacial score (nSPS) is 19.8. The summed E-state index contributed by atoms with van der Waals surface area (Å²) in [5.41, 5.74) is 1.23. The molecule has 37 heavy (non-hydrogen) atoms. The van der Waals surface area contributed by atoms with Crippen LogP contribution in [0.3, 0.4) is 0 Å². The van der Waals surface area contributed by atoms with E-state index >= 15 is 0 Å². The van der Waals surface area contributed by atoms with E-state index in [-0.39, 0.29) is 17.2 Å². The van der Waals surface area contributed by atoms with Crippen molar-refractivity contribution in [2.75, 3.05) is 49.6 Å². The van der Waals surface area contributed by atoms with Gasteiger partial charge in [-0.15, -0.1) is 0 Å². The zero-order valence-electron chi connectivity index (χ0n) is 21.0. The molecule has 10 nitrogen and oxygen atoms in total. The lowest BCUT2D eigenvalue weighted by Gasteiger charge is -2.40. The molecule has 192 valence electrons. The minimum Gasteiger partial charge on any atom is -0.379 e. The van der Waals surface area contributed by atoms with Crippen LogP contribution in [0, 0.1) is 11.3 Å². The molecule has 0 unspecified atom stereocenters. The lowest BCUT2D eigenvalue weighted by Crippen LogP contribution is -2.49. The molecule has 3 aromatic rings. The molecule has 1 saturated carbocycles. The van der Waals surface area contributed by atoms with Crippen LogP contribution in [0.2, 0.25) is 0 Å². The Bertz CT molecular complexity index is 1350. The Morgan fingerprint density at radius 3 is 2.46 bits per heavy atom. The number of hydrogen-bond acceptors (Lipinski definition) is 9. The molecule has 10 heteroatoms. The van der Waals surface area contributed by atoms with Crippen LogP contribution < -0.4 is 15.8 Å². The van der Waals surface area contributed by atoms with Gasteiger partial charge in [-0.3, -0.25) is 14.3 Å². The van der Waals surface area contributed by atoms with Crippen molar-refractivity contribution in [3.05, 3.63) is 46.5 Å². The van der Waals surface area contributed by atoms with E-state index in [2.05, 4.69) is 20.1 Å². The third-order valence-electron chi connectivity index (χ3n) is 7.94. The monoisotopic (exact) mass is 500 g/mol. The second kappa shape index (κ2) is 10.4. The van der Waals surface area contributed by atoms with Gasteiger partial charge in [0, 0.05) is 49.8 Å². The zero-order valence-corrected chi connectivity index (χ0v) is 21.0. The molecule has 0 radical (unpaired) electrons. The van der Waals surface area contributed by atoms with Gasteiger partial charge in [0.05, 0.1) is 25.1 Å². The number of hydrogen-bond donors (Lipinski definition) is 1. The molecular weight excluding hydrogens is 468 g/mol. The summed E-state index contributed by atoms with van der Waals surface area (Å²) in [5.74, 6) is 1.38. The van der Waals surface area contributed by atoms with Crippen molar-refractivity contribution in [2.24, 2.45) is 0 Å². The Kier molecular flexibility index (Phi) is 6.72. The van der Waals surface area contributed by atoms with Crippen molar-refractivity contribution in [3.8, 4) is 6.07 Å². The van der Waals surface area contributed by atoms with Crippen LogP contribution in [-0.4, -0.2) is 69.9 Å². The first-order valence-electron chi connectivity index (χ1n) is 13.3. The molecule has 0 amide bonds. The lowest BCUT2D eigenvalue weighted by molar-refractivity contribution is 0.0115. The van der Waals surface area contributed by atoms with Gasteiger partial charge in [-0.1, -0.05) is 12.8 Å². The maximum Gasteiger partial charge on any atom is 0.270 e. The number of ether oxygens (including phenoxy) is 1. The zero-order chi connectivity index (χ0) is 25.2. The highest BCUT2D eigenvalue weighted by atomic mass is 16.5. The van der Waals surface area contributed by atoms with Crippen molar-refractivity contribution < 1.29 is 4.74 Å². The van der Waals surface area contributed by atoms with E-state index in [1.165, 1.54) is 0 Å². The fourth-order valence-electron chi connectivity index (χ4n) is 5.94. The molecule has 3 fully saturated rings. The Morgan fingerprint density at radius 2 is 1.76 bits per heavy atom. The van der Waals surface area contributed by atoms with E-state index in [1.807, 2.05) is 18.2 Å². The minimum absolute atomic E-state index is 0.0689. The van der Waals surface area contributed by atoms with Gasteiger partial charge in [-0.2, -0.15) is 10.2 Å². The first-order chi connectivity index (χ1) is 18.2. The van der Waals surface area contributed by atoms with Crippen LogP contribution in [0.15, 0.2) is 35.4 Å². The molecular formula is C27H32N8O2. The molecule has 2 saturated heterocycles. The molecule has 0 bridgehead atoms. The SMILES string of the molecule is N#Cc1cc2cnc(Nc3ccc(N4CCC(N5CCOCC5)CC4)nc3)nc2n(C2CCCC2)c1=O. The number of piperidine rings is 1. The number of anilines is 3. The van der Waals surface area contributed by atoms with Crippen LogP contribution >= 0.6 is 0 Å². The average Bonchev–Trinajstić information content (AvgIpc) is 3.48. The van der Waals surface area contributed by atoms with Crippen LogP contribution in [-0.2, 0) is 4.74 Å². The number of pyridine rings is 2. The number of rotatable bonds is 5. The van der Waals surface area contributed by atoms with Crippen LogP contribution in [0.5, 0.6) is 0 Å². The van der Waals surface area contributed by atoms with E-state index in [9.17, 15) is 10.1 Å². The fraction of sp³-hybridized carbons (Fsp3) is 0.519. The molecule has 0 atom stereocenters. The second-order valence-electron chi connectivity index (χ2n) is 10.2. The molecule has 2 aliphatic heterocycles. The highest BCUT2D eigenvalue weighted by molar-refractivity contribution is 5.77. The Hall–Kier alpha value is -3.55. The van der Waals surface area contributed by atoms with Gasteiger partial charge >= 0.3 is 0 Å². The maximum absolute atomic E-state index is 13.0. The quantitative estimate of drug-likeness (QED) is 0.564. The third kappa shape index (κ3) is 4.89. The maximum atomic E-state index is 13.0. The molecule has 3 aromatic heterocycles. The van der Waals surface area contributed by atoms with Crippen molar-refractivity contribution in [1.82, 2.24) is 24.4 Å². The van der Waals surface area contributed by atoms with Gasteiger partial charge in [0.1, 0.15) is 23.1 Å². The van der Waals surface area contributed by atoms with Crippen LogP contribution in [0.1, 0.15) is 50.1 Å². The molecule has 1 aliphatic carbocycles. The summed E-state index contributed by atoms with van der Waals surface area (Å²) in [6.45, 7) is 5.76. The minimum atomic E-state index is -0.269. The van der Waals surface area contributed by atoms with Crippen molar-refractivity contribution in [2.45, 2.75) is 50.6 Å². The molecule has 1 N–H and O–H groups in total. The van der Waals surface area contributed by atoms with Gasteiger partial charge in [0.15, 0.2) is 0 Å². The number of fused-ring (bicyclic) bond motifs is 1. The van der Waals surface area contributed by atoms with Gasteiger partial charge in [-0.05, 0) is 43.9 Å². The topological polar surface area (TPSA) is 112 Å². The number of nitriles is 1. The van der Waals surface area contributed by atoms with Gasteiger partial charge < -0.3 is 15.0 Å². The van der Waals surface area contributed by atoms with Gasteiger partial charge in [0.25, 0.3) is 5.56 Å². The van der Waals surface area contributed by atoms with Crippen molar-refractivity contribution in [1.29, 1.82) is 5.26 Å². The van der Waals surface area contributed by atoms with E-state index in [1.54, 1.807) is 23.0 Å². The Morgan fingerprint density at radius 1 is 0.973 bits per heavy atom. The lowest BCUT2D eigenvalue weighted by atomic mass is 10.0. The fourth-order valence-corrected chi connectivity index (χ4v) is 5.94. The summed E-state index contributed by atoms with van der Waals surface area (Å²) in [4.78, 5) is 31.8. The first kappa shape index (κ1) is 23.8. The summed E-state index contributed by atoms with van der Waals surface area (Å²) < 4.78 is 7.20. The number of nitrogens with one attached hydrogen (secondary N) is 1. The highest BCUT2D eigenvalue weighted by Crippen LogP contribution is 2.31. The third-order valence-corrected chi connectivity index (χ3v) is 7.94. The van der Waals surface area contributed by atoms with Gasteiger partial charge in [0.2, 0.25) is 5.95 Å². The second-order valence-corrected chi connectivity index (χ2v) is 10.2. The molecule has 5 heterocycles. The Labute approximate surface area is 215 Å². The number of nitrogens with zero attached hydrogens (tertiary/aromatic N) is 7. The van der Waals surface area contributed by atoms with E-state index in [0.717, 1.165) is 89.4 Å². The average molecular weight is 501 g/mol.